The largest absolute Gasteiger partial charge is 0.393 e. The predicted octanol–water partition coefficient (Wildman–Crippen LogP) is 4.01. The van der Waals surface area contributed by atoms with Gasteiger partial charge in [-0.05, 0) is 49.9 Å². The van der Waals surface area contributed by atoms with Gasteiger partial charge in [0.05, 0.1) is 5.92 Å². The zero-order valence-electron chi connectivity index (χ0n) is 12.0. The number of rotatable bonds is 3. The van der Waals surface area contributed by atoms with Crippen molar-refractivity contribution < 1.29 is 13.2 Å². The second kappa shape index (κ2) is 6.44. The molecule has 0 bridgehead atoms. The zero-order chi connectivity index (χ0) is 15.6. The number of alkyl halides is 3. The third kappa shape index (κ3) is 4.27. The van der Waals surface area contributed by atoms with E-state index in [-0.39, 0.29) is 19.0 Å². The number of nitrogens with two attached hydrogens (primary N) is 1. The number of benzene rings is 1. The summed E-state index contributed by atoms with van der Waals surface area (Å²) in [4.78, 5) is 1.82. The second-order valence-electron chi connectivity index (χ2n) is 5.78. The first-order valence-corrected chi connectivity index (χ1v) is 7.51. The number of piperidine rings is 1. The molecule has 0 aliphatic carbocycles. The van der Waals surface area contributed by atoms with E-state index in [9.17, 15) is 13.2 Å². The maximum absolute atomic E-state index is 12.9. The number of hydrogen-bond acceptors (Lipinski definition) is 2. The van der Waals surface area contributed by atoms with Crippen LogP contribution in [0.1, 0.15) is 25.3 Å². The Labute approximate surface area is 128 Å². The van der Waals surface area contributed by atoms with E-state index in [2.05, 4.69) is 0 Å². The first-order chi connectivity index (χ1) is 9.77. The summed E-state index contributed by atoms with van der Waals surface area (Å²) in [6.07, 6.45) is -2.78. The molecule has 118 valence electrons. The molecule has 2 unspecified atom stereocenters. The topological polar surface area (TPSA) is 29.3 Å². The van der Waals surface area contributed by atoms with Crippen molar-refractivity contribution in [1.29, 1.82) is 0 Å². The van der Waals surface area contributed by atoms with Gasteiger partial charge in [0.2, 0.25) is 0 Å². The Kier molecular flexibility index (Phi) is 5.04. The van der Waals surface area contributed by atoms with Crippen molar-refractivity contribution in [3.63, 3.8) is 0 Å². The lowest BCUT2D eigenvalue weighted by Crippen LogP contribution is -2.42. The Morgan fingerprint density at radius 2 is 2.14 bits per heavy atom. The highest BCUT2D eigenvalue weighted by molar-refractivity contribution is 6.30. The molecule has 2 rings (SSSR count). The van der Waals surface area contributed by atoms with E-state index in [4.69, 9.17) is 17.3 Å². The summed E-state index contributed by atoms with van der Waals surface area (Å²) in [6.45, 7) is 2.52. The molecule has 1 aromatic carbocycles. The van der Waals surface area contributed by atoms with Crippen molar-refractivity contribution in [2.24, 2.45) is 11.7 Å². The van der Waals surface area contributed by atoms with E-state index in [1.54, 1.807) is 18.2 Å². The minimum Gasteiger partial charge on any atom is -0.371 e. The maximum Gasteiger partial charge on any atom is 0.393 e. The van der Waals surface area contributed by atoms with Crippen molar-refractivity contribution in [2.75, 3.05) is 18.0 Å². The van der Waals surface area contributed by atoms with E-state index < -0.39 is 12.1 Å². The van der Waals surface area contributed by atoms with Crippen LogP contribution in [0.3, 0.4) is 0 Å². The molecular formula is C15H20ClF3N2. The maximum atomic E-state index is 12.9. The van der Waals surface area contributed by atoms with Crippen LogP contribution in [-0.4, -0.2) is 25.3 Å². The molecule has 1 aromatic rings. The number of anilines is 1. The van der Waals surface area contributed by atoms with Crippen LogP contribution in [0.4, 0.5) is 18.9 Å². The van der Waals surface area contributed by atoms with E-state index in [1.807, 2.05) is 11.8 Å². The summed E-state index contributed by atoms with van der Waals surface area (Å²) in [6, 6.07) is 5.26. The van der Waals surface area contributed by atoms with Crippen molar-refractivity contribution in [3.05, 3.63) is 28.8 Å². The molecule has 0 spiro atoms. The Morgan fingerprint density at radius 3 is 2.76 bits per heavy atom. The Balaban J connectivity index is 2.24. The van der Waals surface area contributed by atoms with E-state index in [0.29, 0.717) is 24.4 Å². The third-order valence-corrected chi connectivity index (χ3v) is 4.04. The fraction of sp³-hybridized carbons (Fsp3) is 0.600. The molecule has 1 heterocycles. The van der Waals surface area contributed by atoms with Gasteiger partial charge in [-0.1, -0.05) is 11.6 Å². The van der Waals surface area contributed by atoms with Gasteiger partial charge in [0.1, 0.15) is 0 Å². The normalized spacial score (nSPS) is 21.4. The van der Waals surface area contributed by atoms with Crippen LogP contribution in [0.5, 0.6) is 0 Å². The number of hydrogen-bond donors (Lipinski definition) is 1. The Bertz CT molecular complexity index is 488. The van der Waals surface area contributed by atoms with Crippen molar-refractivity contribution >= 4 is 17.3 Å². The third-order valence-electron chi connectivity index (χ3n) is 3.81. The van der Waals surface area contributed by atoms with E-state index in [0.717, 1.165) is 11.3 Å². The summed E-state index contributed by atoms with van der Waals surface area (Å²) in [5.41, 5.74) is 7.57. The lowest BCUT2D eigenvalue weighted by atomic mass is 9.95. The van der Waals surface area contributed by atoms with Gasteiger partial charge in [-0.3, -0.25) is 0 Å². The molecule has 2 atom stereocenters. The van der Waals surface area contributed by atoms with Gasteiger partial charge in [0, 0.05) is 29.8 Å². The minimum atomic E-state index is -4.13. The van der Waals surface area contributed by atoms with Gasteiger partial charge in [0.25, 0.3) is 0 Å². The van der Waals surface area contributed by atoms with Gasteiger partial charge in [-0.15, -0.1) is 0 Å². The molecule has 2 N–H and O–H groups in total. The molecule has 1 fully saturated rings. The second-order valence-corrected chi connectivity index (χ2v) is 6.22. The highest BCUT2D eigenvalue weighted by atomic mass is 35.5. The molecule has 1 aliphatic rings. The fourth-order valence-corrected chi connectivity index (χ4v) is 3.03. The van der Waals surface area contributed by atoms with Gasteiger partial charge >= 0.3 is 6.18 Å². The zero-order valence-corrected chi connectivity index (χ0v) is 12.7. The molecule has 0 saturated carbocycles. The van der Waals surface area contributed by atoms with E-state index in [1.165, 1.54) is 0 Å². The molecule has 1 aliphatic heterocycles. The first kappa shape index (κ1) is 16.4. The Hall–Kier alpha value is -0.940. The molecule has 21 heavy (non-hydrogen) atoms. The lowest BCUT2D eigenvalue weighted by Gasteiger charge is -2.36. The molecular weight excluding hydrogens is 301 g/mol. The minimum absolute atomic E-state index is 0.0110. The average molecular weight is 321 g/mol. The van der Waals surface area contributed by atoms with Crippen LogP contribution in [0.15, 0.2) is 18.2 Å². The average Bonchev–Trinajstić information content (AvgIpc) is 2.37. The Morgan fingerprint density at radius 1 is 1.43 bits per heavy atom. The summed E-state index contributed by atoms with van der Waals surface area (Å²) in [5, 5.41) is 0.582. The van der Waals surface area contributed by atoms with Crippen molar-refractivity contribution in [2.45, 2.75) is 38.4 Å². The SMILES string of the molecule is CC(N)Cc1cc(Cl)ccc1N1CCCC(C(F)(F)F)C1. The molecule has 0 aromatic heterocycles. The van der Waals surface area contributed by atoms with Crippen LogP contribution in [0.25, 0.3) is 0 Å². The molecule has 2 nitrogen and oxygen atoms in total. The highest BCUT2D eigenvalue weighted by Crippen LogP contribution is 2.36. The molecule has 0 amide bonds. The van der Waals surface area contributed by atoms with Crippen LogP contribution in [-0.2, 0) is 6.42 Å². The summed E-state index contributed by atoms with van der Waals surface area (Å²) in [7, 11) is 0. The van der Waals surface area contributed by atoms with Crippen molar-refractivity contribution in [3.8, 4) is 0 Å². The van der Waals surface area contributed by atoms with Crippen LogP contribution in [0.2, 0.25) is 5.02 Å². The monoisotopic (exact) mass is 320 g/mol. The van der Waals surface area contributed by atoms with Gasteiger partial charge in [-0.2, -0.15) is 13.2 Å². The smallest absolute Gasteiger partial charge is 0.371 e. The number of nitrogens with zero attached hydrogens (tertiary/aromatic N) is 1. The van der Waals surface area contributed by atoms with Gasteiger partial charge in [0.15, 0.2) is 0 Å². The standard InChI is InChI=1S/C15H20ClF3N2/c1-10(20)7-11-8-13(16)4-5-14(11)21-6-2-3-12(9-21)15(17,18)19/h4-5,8,10,12H,2-3,6-7,9,20H2,1H3. The van der Waals surface area contributed by atoms with Crippen LogP contribution < -0.4 is 10.6 Å². The molecule has 0 radical (unpaired) electrons. The van der Waals surface area contributed by atoms with Crippen LogP contribution >= 0.6 is 11.6 Å². The van der Waals surface area contributed by atoms with Gasteiger partial charge in [-0.25, -0.2) is 0 Å². The van der Waals surface area contributed by atoms with E-state index >= 15 is 0 Å². The first-order valence-electron chi connectivity index (χ1n) is 7.13. The van der Waals surface area contributed by atoms with Crippen molar-refractivity contribution in [1.82, 2.24) is 0 Å². The summed E-state index contributed by atoms with van der Waals surface area (Å²) < 4.78 is 38.8. The predicted molar refractivity (Wildman–Crippen MR) is 79.8 cm³/mol. The molecule has 1 saturated heterocycles. The lowest BCUT2D eigenvalue weighted by molar-refractivity contribution is -0.176. The van der Waals surface area contributed by atoms with Crippen LogP contribution in [0, 0.1) is 5.92 Å². The summed E-state index contributed by atoms with van der Waals surface area (Å²) >= 11 is 6.00. The quantitative estimate of drug-likeness (QED) is 0.912. The van der Waals surface area contributed by atoms with Gasteiger partial charge < -0.3 is 10.6 Å². The number of halogens is 4. The highest BCUT2D eigenvalue weighted by Gasteiger charge is 2.42. The fourth-order valence-electron chi connectivity index (χ4n) is 2.84. The molecule has 6 heteroatoms. The summed E-state index contributed by atoms with van der Waals surface area (Å²) in [5.74, 6) is -1.26.